The van der Waals surface area contributed by atoms with Gasteiger partial charge in [-0.15, -0.1) is 11.3 Å². The Morgan fingerprint density at radius 2 is 1.69 bits per heavy atom. The zero-order valence-corrected chi connectivity index (χ0v) is 22.0. The lowest BCUT2D eigenvalue weighted by Gasteiger charge is -2.18. The van der Waals surface area contributed by atoms with Gasteiger partial charge in [-0.1, -0.05) is 72.4 Å². The molecule has 0 bridgehead atoms. The van der Waals surface area contributed by atoms with Crippen LogP contribution in [0.1, 0.15) is 33.3 Å². The number of hydrogen-bond donors (Lipinski definition) is 0. The Hall–Kier alpha value is -3.43. The van der Waals surface area contributed by atoms with Crippen LogP contribution in [-0.2, 0) is 22.6 Å². The number of amides is 1. The van der Waals surface area contributed by atoms with Crippen molar-refractivity contribution in [1.82, 2.24) is 14.5 Å². The van der Waals surface area contributed by atoms with Crippen LogP contribution in [0.3, 0.4) is 0 Å². The van der Waals surface area contributed by atoms with E-state index in [1.807, 2.05) is 60.7 Å². The number of hydrogen-bond acceptors (Lipinski definition) is 7. The van der Waals surface area contributed by atoms with Crippen LogP contribution < -0.4 is 5.56 Å². The average Bonchev–Trinajstić information content (AvgIpc) is 3.22. The van der Waals surface area contributed by atoms with Crippen LogP contribution in [-0.4, -0.2) is 45.7 Å². The fraction of sp³-hybridized carbons (Fsp3) is 0.259. The van der Waals surface area contributed by atoms with E-state index in [9.17, 15) is 14.4 Å². The van der Waals surface area contributed by atoms with Crippen LogP contribution >= 0.6 is 23.1 Å². The van der Waals surface area contributed by atoms with Gasteiger partial charge in [-0.05, 0) is 30.5 Å². The van der Waals surface area contributed by atoms with Crippen LogP contribution in [0.4, 0.5) is 0 Å². The van der Waals surface area contributed by atoms with Crippen LogP contribution in [0.2, 0.25) is 0 Å². The molecular weight excluding hydrogens is 494 g/mol. The van der Waals surface area contributed by atoms with Gasteiger partial charge in [0.25, 0.3) is 5.56 Å². The lowest BCUT2D eigenvalue weighted by Crippen LogP contribution is -2.29. The number of thiophene rings is 1. The molecule has 9 heteroatoms. The second kappa shape index (κ2) is 11.5. The number of ether oxygens (including phenoxy) is 1. The molecule has 0 saturated carbocycles. The predicted molar refractivity (Wildman–Crippen MR) is 144 cm³/mol. The van der Waals surface area contributed by atoms with E-state index < -0.39 is 5.97 Å². The molecule has 0 atom stereocenters. The van der Waals surface area contributed by atoms with Gasteiger partial charge in [-0.25, -0.2) is 9.78 Å². The number of benzene rings is 2. The summed E-state index contributed by atoms with van der Waals surface area (Å²) in [5.41, 5.74) is 2.32. The predicted octanol–water partition coefficient (Wildman–Crippen LogP) is 4.74. The topological polar surface area (TPSA) is 81.5 Å². The van der Waals surface area contributed by atoms with E-state index in [0.29, 0.717) is 38.9 Å². The van der Waals surface area contributed by atoms with Gasteiger partial charge in [-0.2, -0.15) is 0 Å². The molecule has 0 aliphatic rings. The number of carbonyl (C=O) groups is 2. The average molecular weight is 522 g/mol. The van der Waals surface area contributed by atoms with Crippen molar-refractivity contribution in [2.24, 2.45) is 0 Å². The number of carbonyl (C=O) groups excluding carboxylic acids is 2. The Kier molecular flexibility index (Phi) is 8.22. The first-order chi connectivity index (χ1) is 17.4. The summed E-state index contributed by atoms with van der Waals surface area (Å²) in [6.07, 6.45) is 0. The zero-order valence-electron chi connectivity index (χ0n) is 20.4. The standard InChI is InChI=1S/C27H27N3O4S2/c1-4-34-26(33)23-18(2)22-24(36-23)28-27(30(25(22)32)16-20-13-9-6-10-14-20)35-17-21(31)29(3)15-19-11-7-5-8-12-19/h5-14H,4,15-17H2,1-3H3. The van der Waals surface area contributed by atoms with Gasteiger partial charge in [0, 0.05) is 13.6 Å². The maximum absolute atomic E-state index is 13.7. The molecule has 2 aromatic carbocycles. The number of aryl methyl sites for hydroxylation is 1. The lowest BCUT2D eigenvalue weighted by molar-refractivity contribution is -0.127. The first-order valence-electron chi connectivity index (χ1n) is 11.5. The highest BCUT2D eigenvalue weighted by Gasteiger charge is 2.23. The summed E-state index contributed by atoms with van der Waals surface area (Å²) in [6, 6.07) is 19.4. The molecular formula is C27H27N3O4S2. The van der Waals surface area contributed by atoms with Gasteiger partial charge in [0.2, 0.25) is 5.91 Å². The second-order valence-corrected chi connectivity index (χ2v) is 10.2. The molecule has 0 fully saturated rings. The van der Waals surface area contributed by atoms with Gasteiger partial charge in [0.05, 0.1) is 24.3 Å². The van der Waals surface area contributed by atoms with Crippen LogP contribution in [0.5, 0.6) is 0 Å². The van der Waals surface area contributed by atoms with E-state index >= 15 is 0 Å². The van der Waals surface area contributed by atoms with E-state index in [0.717, 1.165) is 22.5 Å². The number of rotatable bonds is 9. The molecule has 4 rings (SSSR count). The molecule has 0 spiro atoms. The third-order valence-corrected chi connectivity index (χ3v) is 7.80. The van der Waals surface area contributed by atoms with Crippen molar-refractivity contribution < 1.29 is 14.3 Å². The highest BCUT2D eigenvalue weighted by molar-refractivity contribution is 7.99. The van der Waals surface area contributed by atoms with Crippen molar-refractivity contribution in [1.29, 1.82) is 0 Å². The fourth-order valence-electron chi connectivity index (χ4n) is 3.79. The number of nitrogens with zero attached hydrogens (tertiary/aromatic N) is 3. The number of aromatic nitrogens is 2. The summed E-state index contributed by atoms with van der Waals surface area (Å²) in [7, 11) is 1.76. The highest BCUT2D eigenvalue weighted by Crippen LogP contribution is 2.30. The molecule has 36 heavy (non-hydrogen) atoms. The van der Waals surface area contributed by atoms with E-state index in [-0.39, 0.29) is 23.8 Å². The molecule has 0 saturated heterocycles. The molecule has 0 N–H and O–H groups in total. The summed E-state index contributed by atoms with van der Waals surface area (Å²) in [5.74, 6) is -0.400. The third-order valence-electron chi connectivity index (χ3n) is 5.67. The van der Waals surface area contributed by atoms with E-state index in [1.54, 1.807) is 30.4 Å². The van der Waals surface area contributed by atoms with Gasteiger partial charge in [-0.3, -0.25) is 14.2 Å². The molecule has 0 aliphatic heterocycles. The normalized spacial score (nSPS) is 11.0. The number of thioether (sulfide) groups is 1. The van der Waals surface area contributed by atoms with Gasteiger partial charge in [0.15, 0.2) is 5.16 Å². The molecule has 2 aromatic heterocycles. The van der Waals surface area contributed by atoms with Crippen molar-refractivity contribution in [2.75, 3.05) is 19.4 Å². The maximum atomic E-state index is 13.7. The number of fused-ring (bicyclic) bond motifs is 1. The summed E-state index contributed by atoms with van der Waals surface area (Å²) in [6.45, 7) is 4.54. The Balaban J connectivity index is 1.66. The first kappa shape index (κ1) is 25.7. The SMILES string of the molecule is CCOC(=O)c1sc2nc(SCC(=O)N(C)Cc3ccccc3)n(Cc3ccccc3)c(=O)c2c1C. The minimum absolute atomic E-state index is 0.0703. The zero-order chi connectivity index (χ0) is 25.7. The molecule has 0 aliphatic carbocycles. The monoisotopic (exact) mass is 521 g/mol. The van der Waals surface area contributed by atoms with Crippen LogP contribution in [0.15, 0.2) is 70.6 Å². The van der Waals surface area contributed by atoms with E-state index in [4.69, 9.17) is 9.72 Å². The van der Waals surface area contributed by atoms with Gasteiger partial charge >= 0.3 is 5.97 Å². The Morgan fingerprint density at radius 3 is 2.33 bits per heavy atom. The van der Waals surface area contributed by atoms with Gasteiger partial charge in [0.1, 0.15) is 9.71 Å². The van der Waals surface area contributed by atoms with Crippen molar-refractivity contribution in [3.8, 4) is 0 Å². The Bertz CT molecular complexity index is 1430. The van der Waals surface area contributed by atoms with E-state index in [2.05, 4.69) is 0 Å². The molecule has 1 amide bonds. The van der Waals surface area contributed by atoms with Crippen molar-refractivity contribution in [3.63, 3.8) is 0 Å². The number of esters is 1. The minimum Gasteiger partial charge on any atom is -0.462 e. The van der Waals surface area contributed by atoms with Crippen molar-refractivity contribution in [2.45, 2.75) is 32.1 Å². The molecule has 2 heterocycles. The Labute approximate surface area is 217 Å². The van der Waals surface area contributed by atoms with E-state index in [1.165, 1.54) is 11.8 Å². The van der Waals surface area contributed by atoms with Crippen molar-refractivity contribution >= 4 is 45.2 Å². The molecule has 0 radical (unpaired) electrons. The maximum Gasteiger partial charge on any atom is 0.348 e. The quantitative estimate of drug-likeness (QED) is 0.180. The highest BCUT2D eigenvalue weighted by atomic mass is 32.2. The Morgan fingerprint density at radius 1 is 1.06 bits per heavy atom. The minimum atomic E-state index is -0.459. The summed E-state index contributed by atoms with van der Waals surface area (Å²) in [5, 5.41) is 0.852. The second-order valence-electron chi connectivity index (χ2n) is 8.25. The largest absolute Gasteiger partial charge is 0.462 e. The van der Waals surface area contributed by atoms with Crippen molar-refractivity contribution in [3.05, 3.63) is 92.6 Å². The summed E-state index contributed by atoms with van der Waals surface area (Å²) < 4.78 is 6.75. The smallest absolute Gasteiger partial charge is 0.348 e. The fourth-order valence-corrected chi connectivity index (χ4v) is 5.84. The van der Waals surface area contributed by atoms with Crippen LogP contribution in [0, 0.1) is 6.92 Å². The summed E-state index contributed by atoms with van der Waals surface area (Å²) >= 11 is 2.38. The lowest BCUT2D eigenvalue weighted by atomic mass is 10.2. The molecule has 0 unspecified atom stereocenters. The third kappa shape index (κ3) is 5.68. The molecule has 186 valence electrons. The molecule has 7 nitrogen and oxygen atoms in total. The molecule has 4 aromatic rings. The first-order valence-corrected chi connectivity index (χ1v) is 13.3. The summed E-state index contributed by atoms with van der Waals surface area (Å²) in [4.78, 5) is 46.2. The van der Waals surface area contributed by atoms with Gasteiger partial charge < -0.3 is 9.64 Å². The van der Waals surface area contributed by atoms with Crippen LogP contribution in [0.25, 0.3) is 10.2 Å².